The Morgan fingerprint density at radius 3 is 2.42 bits per heavy atom. The highest BCUT2D eigenvalue weighted by Gasteiger charge is 2.51. The number of carboxylic acid groups (broad SMARTS) is 1. The third-order valence-corrected chi connectivity index (χ3v) is 4.66. The summed E-state index contributed by atoms with van der Waals surface area (Å²) < 4.78 is 0. The predicted molar refractivity (Wildman–Crippen MR) is 76.1 cm³/mol. The quantitative estimate of drug-likeness (QED) is 0.921. The van der Waals surface area contributed by atoms with Gasteiger partial charge in [0.15, 0.2) is 0 Å². The van der Waals surface area contributed by atoms with E-state index >= 15 is 0 Å². The average Bonchev–Trinajstić information content (AvgIpc) is 3.21. The Balaban J connectivity index is 1.88. The average molecular weight is 280 g/mol. The second-order valence-corrected chi connectivity index (χ2v) is 6.01. The zero-order valence-electron chi connectivity index (χ0n) is 10.9. The smallest absolute Gasteiger partial charge is 0.314 e. The van der Waals surface area contributed by atoms with Crippen molar-refractivity contribution in [1.82, 2.24) is 0 Å². The molecule has 1 saturated carbocycles. The van der Waals surface area contributed by atoms with Crippen molar-refractivity contribution in [3.05, 3.63) is 28.8 Å². The van der Waals surface area contributed by atoms with E-state index in [2.05, 4.69) is 4.90 Å². The van der Waals surface area contributed by atoms with Gasteiger partial charge < -0.3 is 10.0 Å². The van der Waals surface area contributed by atoms with Gasteiger partial charge in [0.1, 0.15) is 0 Å². The van der Waals surface area contributed by atoms with Gasteiger partial charge in [-0.25, -0.2) is 0 Å². The van der Waals surface area contributed by atoms with Gasteiger partial charge in [-0.05, 0) is 49.8 Å². The van der Waals surface area contributed by atoms with Crippen LogP contribution in [0.15, 0.2) is 18.2 Å². The van der Waals surface area contributed by atoms with Crippen LogP contribution in [0.4, 0.5) is 5.69 Å². The number of hydrogen-bond acceptors (Lipinski definition) is 2. The summed E-state index contributed by atoms with van der Waals surface area (Å²) >= 11 is 6.37. The number of carboxylic acids is 1. The fourth-order valence-electron chi connectivity index (χ4n) is 2.95. The van der Waals surface area contributed by atoms with Crippen LogP contribution in [0.25, 0.3) is 0 Å². The van der Waals surface area contributed by atoms with Crippen molar-refractivity contribution < 1.29 is 9.90 Å². The number of piperidine rings is 1. The zero-order valence-corrected chi connectivity index (χ0v) is 11.6. The number of carbonyl (C=O) groups is 1. The normalized spacial score (nSPS) is 21.2. The number of nitrogens with zero attached hydrogens (tertiary/aromatic N) is 1. The molecule has 1 aromatic carbocycles. The Labute approximate surface area is 118 Å². The number of benzene rings is 1. The maximum atomic E-state index is 11.3. The lowest BCUT2D eigenvalue weighted by Crippen LogP contribution is -2.29. The van der Waals surface area contributed by atoms with Gasteiger partial charge in [0, 0.05) is 13.1 Å². The Morgan fingerprint density at radius 2 is 1.89 bits per heavy atom. The maximum absolute atomic E-state index is 11.3. The molecule has 1 N–H and O–H groups in total. The minimum atomic E-state index is -0.728. The van der Waals surface area contributed by atoms with Crippen molar-refractivity contribution in [1.29, 1.82) is 0 Å². The first-order valence-corrected chi connectivity index (χ1v) is 7.30. The van der Waals surface area contributed by atoms with Crippen molar-refractivity contribution in [2.75, 3.05) is 18.0 Å². The van der Waals surface area contributed by atoms with Crippen molar-refractivity contribution in [2.24, 2.45) is 0 Å². The highest BCUT2D eigenvalue weighted by molar-refractivity contribution is 6.33. The highest BCUT2D eigenvalue weighted by atomic mass is 35.5. The van der Waals surface area contributed by atoms with E-state index in [4.69, 9.17) is 11.6 Å². The molecular weight excluding hydrogens is 262 g/mol. The van der Waals surface area contributed by atoms with Crippen LogP contribution in [0.3, 0.4) is 0 Å². The molecule has 2 fully saturated rings. The molecule has 1 saturated heterocycles. The second kappa shape index (κ2) is 4.71. The lowest BCUT2D eigenvalue weighted by atomic mass is 9.95. The molecule has 0 aromatic heterocycles. The van der Waals surface area contributed by atoms with E-state index < -0.39 is 11.4 Å². The van der Waals surface area contributed by atoms with Crippen LogP contribution in [0.5, 0.6) is 0 Å². The van der Waals surface area contributed by atoms with Crippen molar-refractivity contribution in [3.8, 4) is 0 Å². The molecule has 0 bridgehead atoms. The van der Waals surface area contributed by atoms with Crippen LogP contribution in [-0.4, -0.2) is 24.2 Å². The molecule has 1 heterocycles. The van der Waals surface area contributed by atoms with E-state index in [1.807, 2.05) is 18.2 Å². The molecule has 0 radical (unpaired) electrons. The molecule has 0 spiro atoms. The molecule has 102 valence electrons. The van der Waals surface area contributed by atoms with Crippen LogP contribution in [0.1, 0.15) is 37.7 Å². The number of halogens is 1. The highest BCUT2D eigenvalue weighted by Crippen LogP contribution is 2.49. The van der Waals surface area contributed by atoms with Crippen LogP contribution in [0, 0.1) is 0 Å². The van der Waals surface area contributed by atoms with Crippen molar-refractivity contribution >= 4 is 23.3 Å². The van der Waals surface area contributed by atoms with Gasteiger partial charge in [-0.1, -0.05) is 17.7 Å². The van der Waals surface area contributed by atoms with Crippen LogP contribution in [0.2, 0.25) is 5.02 Å². The Morgan fingerprint density at radius 1 is 1.21 bits per heavy atom. The van der Waals surface area contributed by atoms with Gasteiger partial charge in [-0.3, -0.25) is 4.79 Å². The third kappa shape index (κ3) is 2.20. The van der Waals surface area contributed by atoms with Gasteiger partial charge in [-0.15, -0.1) is 0 Å². The van der Waals surface area contributed by atoms with E-state index in [0.29, 0.717) is 5.02 Å². The van der Waals surface area contributed by atoms with Gasteiger partial charge in [0.25, 0.3) is 0 Å². The van der Waals surface area contributed by atoms with E-state index in [9.17, 15) is 9.90 Å². The number of aliphatic carboxylic acids is 1. The molecule has 1 aromatic rings. The van der Waals surface area contributed by atoms with E-state index in [0.717, 1.165) is 37.2 Å². The molecule has 1 aliphatic carbocycles. The molecule has 1 aliphatic heterocycles. The number of anilines is 1. The standard InChI is InChI=1S/C15H18ClNO2/c16-12-10-11(15(6-7-15)14(18)19)4-5-13(12)17-8-2-1-3-9-17/h4-5,10H,1-3,6-9H2,(H,18,19). The summed E-state index contributed by atoms with van der Waals surface area (Å²) in [4.78, 5) is 13.6. The van der Waals surface area contributed by atoms with Gasteiger partial charge >= 0.3 is 5.97 Å². The van der Waals surface area contributed by atoms with Crippen LogP contribution >= 0.6 is 11.6 Å². The Bertz CT molecular complexity index is 505. The molecule has 0 atom stereocenters. The summed E-state index contributed by atoms with van der Waals surface area (Å²) in [6.07, 6.45) is 5.14. The molecule has 19 heavy (non-hydrogen) atoms. The Kier molecular flexibility index (Phi) is 3.17. The minimum Gasteiger partial charge on any atom is -0.481 e. The molecule has 2 aliphatic rings. The summed E-state index contributed by atoms with van der Waals surface area (Å²) in [5.74, 6) is -0.728. The predicted octanol–water partition coefficient (Wildman–Crippen LogP) is 3.45. The van der Waals surface area contributed by atoms with Crippen molar-refractivity contribution in [2.45, 2.75) is 37.5 Å². The topological polar surface area (TPSA) is 40.5 Å². The monoisotopic (exact) mass is 279 g/mol. The first-order valence-electron chi connectivity index (χ1n) is 6.92. The maximum Gasteiger partial charge on any atom is 0.314 e. The first kappa shape index (κ1) is 12.8. The molecule has 0 amide bonds. The van der Waals surface area contributed by atoms with Crippen molar-refractivity contribution in [3.63, 3.8) is 0 Å². The van der Waals surface area contributed by atoms with Gasteiger partial charge in [0.05, 0.1) is 16.1 Å². The molecule has 4 heteroatoms. The Hall–Kier alpha value is -1.22. The molecule has 3 rings (SSSR count). The zero-order chi connectivity index (χ0) is 13.5. The summed E-state index contributed by atoms with van der Waals surface area (Å²) in [6, 6.07) is 5.79. The van der Waals surface area contributed by atoms with Crippen LogP contribution in [-0.2, 0) is 10.2 Å². The first-order chi connectivity index (χ1) is 9.13. The van der Waals surface area contributed by atoms with E-state index in [-0.39, 0.29) is 0 Å². The lowest BCUT2D eigenvalue weighted by Gasteiger charge is -2.30. The van der Waals surface area contributed by atoms with E-state index in [1.54, 1.807) is 0 Å². The molecular formula is C15H18ClNO2. The summed E-state index contributed by atoms with van der Waals surface area (Å²) in [7, 11) is 0. The lowest BCUT2D eigenvalue weighted by molar-refractivity contribution is -0.140. The summed E-state index contributed by atoms with van der Waals surface area (Å²) in [5.41, 5.74) is 1.24. The van der Waals surface area contributed by atoms with Gasteiger partial charge in [0.2, 0.25) is 0 Å². The summed E-state index contributed by atoms with van der Waals surface area (Å²) in [6.45, 7) is 2.09. The van der Waals surface area contributed by atoms with Crippen LogP contribution < -0.4 is 4.90 Å². The minimum absolute atomic E-state index is 0.663. The fourth-order valence-corrected chi connectivity index (χ4v) is 3.25. The number of rotatable bonds is 3. The number of hydrogen-bond donors (Lipinski definition) is 1. The SMILES string of the molecule is O=C(O)C1(c2ccc(N3CCCCC3)c(Cl)c2)CC1. The fraction of sp³-hybridized carbons (Fsp3) is 0.533. The van der Waals surface area contributed by atoms with Gasteiger partial charge in [-0.2, -0.15) is 0 Å². The molecule has 0 unspecified atom stereocenters. The largest absolute Gasteiger partial charge is 0.481 e. The second-order valence-electron chi connectivity index (χ2n) is 5.60. The van der Waals surface area contributed by atoms with E-state index in [1.165, 1.54) is 19.3 Å². The molecule has 3 nitrogen and oxygen atoms in total. The summed E-state index contributed by atoms with van der Waals surface area (Å²) in [5, 5.41) is 10.00. The third-order valence-electron chi connectivity index (χ3n) is 4.36.